The molecule has 0 aromatic carbocycles. The summed E-state index contributed by atoms with van der Waals surface area (Å²) in [6.45, 7) is 0. The summed E-state index contributed by atoms with van der Waals surface area (Å²) in [6.07, 6.45) is 9.11. The smallest absolute Gasteiger partial charge is 0.123 e. The lowest BCUT2D eigenvalue weighted by molar-refractivity contribution is -0.113. The van der Waals surface area contributed by atoms with Crippen LogP contribution < -0.4 is 0 Å². The van der Waals surface area contributed by atoms with Crippen LogP contribution in [0.1, 0.15) is 32.1 Å². The Morgan fingerprint density at radius 1 is 0.579 bits per heavy atom. The number of aldehydes is 2. The van der Waals surface area contributed by atoms with Crippen molar-refractivity contribution >= 4 is 12.6 Å². The molecule has 5 aliphatic carbocycles. The molecule has 0 aliphatic heterocycles. The lowest BCUT2D eigenvalue weighted by Gasteiger charge is -2.33. The van der Waals surface area contributed by atoms with Gasteiger partial charge in [-0.05, 0) is 79.4 Å². The van der Waals surface area contributed by atoms with Crippen LogP contribution in [0.2, 0.25) is 0 Å². The minimum atomic E-state index is 0.379. The van der Waals surface area contributed by atoms with Crippen molar-refractivity contribution in [3.8, 4) is 0 Å². The number of fused-ring (bicyclic) bond motifs is 11. The van der Waals surface area contributed by atoms with Crippen molar-refractivity contribution in [2.45, 2.75) is 32.1 Å². The van der Waals surface area contributed by atoms with Gasteiger partial charge >= 0.3 is 0 Å². The molecule has 5 saturated carbocycles. The molecule has 0 N–H and O–H groups in total. The monoisotopic (exact) mass is 258 g/mol. The summed E-state index contributed by atoms with van der Waals surface area (Å²) < 4.78 is 0. The van der Waals surface area contributed by atoms with Crippen LogP contribution in [0.25, 0.3) is 0 Å². The first-order valence-electron chi connectivity index (χ1n) is 8.25. The minimum Gasteiger partial charge on any atom is -0.303 e. The summed E-state index contributed by atoms with van der Waals surface area (Å²) in [6, 6.07) is 0. The number of carbonyl (C=O) groups excluding carboxylic acids is 2. The predicted molar refractivity (Wildman–Crippen MR) is 70.1 cm³/mol. The molecular weight excluding hydrogens is 236 g/mol. The molecule has 0 radical (unpaired) electrons. The summed E-state index contributed by atoms with van der Waals surface area (Å²) >= 11 is 0. The molecular formula is C17H22O2. The van der Waals surface area contributed by atoms with Crippen LogP contribution in [-0.4, -0.2) is 12.6 Å². The van der Waals surface area contributed by atoms with Gasteiger partial charge in [-0.3, -0.25) is 0 Å². The van der Waals surface area contributed by atoms with E-state index in [2.05, 4.69) is 0 Å². The lowest BCUT2D eigenvalue weighted by Crippen LogP contribution is -2.29. The fourth-order valence-electron chi connectivity index (χ4n) is 7.80. The second-order valence-electron chi connectivity index (χ2n) is 7.96. The molecule has 4 bridgehead atoms. The molecule has 0 saturated heterocycles. The Kier molecular flexibility index (Phi) is 2.04. The Labute approximate surface area is 114 Å². The lowest BCUT2D eigenvalue weighted by atomic mass is 9.71. The van der Waals surface area contributed by atoms with Crippen LogP contribution in [0.5, 0.6) is 0 Å². The van der Waals surface area contributed by atoms with Crippen molar-refractivity contribution in [1.82, 2.24) is 0 Å². The zero-order chi connectivity index (χ0) is 12.7. The molecule has 0 spiro atoms. The Bertz CT molecular complexity index is 405. The van der Waals surface area contributed by atoms with E-state index in [1.165, 1.54) is 44.7 Å². The molecule has 19 heavy (non-hydrogen) atoms. The molecule has 5 fully saturated rings. The first-order valence-corrected chi connectivity index (χ1v) is 8.25. The van der Waals surface area contributed by atoms with E-state index in [1.807, 2.05) is 0 Å². The second-order valence-corrected chi connectivity index (χ2v) is 7.96. The zero-order valence-electron chi connectivity index (χ0n) is 11.3. The SMILES string of the molecule is O=CC1C2CCC1C1C2CC2C3CCC(C3C=O)C21. The van der Waals surface area contributed by atoms with Crippen molar-refractivity contribution in [3.63, 3.8) is 0 Å². The molecule has 0 aromatic heterocycles. The first kappa shape index (κ1) is 11.0. The van der Waals surface area contributed by atoms with E-state index >= 15 is 0 Å². The number of hydrogen-bond acceptors (Lipinski definition) is 2. The molecule has 5 rings (SSSR count). The molecule has 0 heterocycles. The molecule has 102 valence electrons. The Hall–Kier alpha value is -0.660. The number of carbonyl (C=O) groups is 2. The molecule has 5 aliphatic rings. The average Bonchev–Trinajstić information content (AvgIpc) is 3.19. The highest BCUT2D eigenvalue weighted by Gasteiger charge is 2.68. The Morgan fingerprint density at radius 3 is 1.42 bits per heavy atom. The summed E-state index contributed by atoms with van der Waals surface area (Å²) in [7, 11) is 0. The van der Waals surface area contributed by atoms with Crippen molar-refractivity contribution in [1.29, 1.82) is 0 Å². The standard InChI is InChI=1S/C17H22O2/c18-6-14-8-1-3-10(14)16-12(8)5-13-9-2-4-11(17(13)16)15(9)7-19/h6-17H,1-5H2. The second kappa shape index (κ2) is 3.51. The van der Waals surface area contributed by atoms with Gasteiger partial charge in [0.2, 0.25) is 0 Å². The fraction of sp³-hybridized carbons (Fsp3) is 0.882. The van der Waals surface area contributed by atoms with Crippen LogP contribution in [0.3, 0.4) is 0 Å². The van der Waals surface area contributed by atoms with Gasteiger partial charge in [0.1, 0.15) is 12.6 Å². The van der Waals surface area contributed by atoms with E-state index in [4.69, 9.17) is 0 Å². The van der Waals surface area contributed by atoms with Gasteiger partial charge in [-0.2, -0.15) is 0 Å². The highest BCUT2D eigenvalue weighted by atomic mass is 16.1. The maximum absolute atomic E-state index is 11.4. The van der Waals surface area contributed by atoms with Gasteiger partial charge in [0.25, 0.3) is 0 Å². The van der Waals surface area contributed by atoms with Gasteiger partial charge in [-0.25, -0.2) is 0 Å². The van der Waals surface area contributed by atoms with Crippen molar-refractivity contribution < 1.29 is 9.59 Å². The third-order valence-corrected chi connectivity index (χ3v) is 8.02. The van der Waals surface area contributed by atoms with Crippen LogP contribution in [0.4, 0.5) is 0 Å². The van der Waals surface area contributed by atoms with E-state index in [-0.39, 0.29) is 0 Å². The van der Waals surface area contributed by atoms with Crippen molar-refractivity contribution in [2.24, 2.45) is 59.2 Å². The predicted octanol–water partition coefficient (Wildman–Crippen LogP) is 2.56. The molecule has 2 nitrogen and oxygen atoms in total. The molecule has 0 amide bonds. The first-order chi connectivity index (χ1) is 9.35. The normalized spacial score (nSPS) is 64.2. The maximum atomic E-state index is 11.4. The Morgan fingerprint density at radius 2 is 1.00 bits per heavy atom. The molecule has 2 heteroatoms. The maximum Gasteiger partial charge on any atom is 0.123 e. The van der Waals surface area contributed by atoms with Crippen LogP contribution in [0, 0.1) is 59.2 Å². The van der Waals surface area contributed by atoms with Crippen molar-refractivity contribution in [3.05, 3.63) is 0 Å². The quantitative estimate of drug-likeness (QED) is 0.713. The summed E-state index contributed by atoms with van der Waals surface area (Å²) in [4.78, 5) is 22.8. The van der Waals surface area contributed by atoms with Crippen LogP contribution in [0.15, 0.2) is 0 Å². The summed E-state index contributed by atoms with van der Waals surface area (Å²) in [5.41, 5.74) is 0. The third-order valence-electron chi connectivity index (χ3n) is 8.02. The largest absolute Gasteiger partial charge is 0.303 e. The average molecular weight is 258 g/mol. The van der Waals surface area contributed by atoms with Gasteiger partial charge in [-0.15, -0.1) is 0 Å². The van der Waals surface area contributed by atoms with Gasteiger partial charge in [0, 0.05) is 11.8 Å². The van der Waals surface area contributed by atoms with Gasteiger partial charge < -0.3 is 9.59 Å². The Balaban J connectivity index is 1.53. The minimum absolute atomic E-state index is 0.379. The van der Waals surface area contributed by atoms with E-state index in [0.717, 1.165) is 23.7 Å². The summed E-state index contributed by atoms with van der Waals surface area (Å²) in [5.74, 6) is 6.89. The van der Waals surface area contributed by atoms with E-state index in [9.17, 15) is 9.59 Å². The van der Waals surface area contributed by atoms with Gasteiger partial charge in [-0.1, -0.05) is 0 Å². The highest BCUT2D eigenvalue weighted by molar-refractivity contribution is 5.58. The number of hydrogen-bond donors (Lipinski definition) is 0. The van der Waals surface area contributed by atoms with Gasteiger partial charge in [0.05, 0.1) is 0 Å². The van der Waals surface area contributed by atoms with Crippen molar-refractivity contribution in [2.75, 3.05) is 0 Å². The third kappa shape index (κ3) is 1.08. The van der Waals surface area contributed by atoms with E-state index in [1.54, 1.807) is 0 Å². The molecule has 10 atom stereocenters. The van der Waals surface area contributed by atoms with Gasteiger partial charge in [0.15, 0.2) is 0 Å². The highest BCUT2D eigenvalue weighted by Crippen LogP contribution is 2.72. The van der Waals surface area contributed by atoms with E-state index < -0.39 is 0 Å². The number of rotatable bonds is 2. The van der Waals surface area contributed by atoms with Crippen LogP contribution >= 0.6 is 0 Å². The van der Waals surface area contributed by atoms with E-state index in [0.29, 0.717) is 35.5 Å². The van der Waals surface area contributed by atoms with Crippen LogP contribution in [-0.2, 0) is 9.59 Å². The molecule has 10 unspecified atom stereocenters. The molecule has 0 aromatic rings. The fourth-order valence-corrected chi connectivity index (χ4v) is 7.80. The summed E-state index contributed by atoms with van der Waals surface area (Å²) in [5, 5.41) is 0. The zero-order valence-corrected chi connectivity index (χ0v) is 11.3. The topological polar surface area (TPSA) is 34.1 Å².